The van der Waals surface area contributed by atoms with E-state index in [0.29, 0.717) is 26.1 Å². The fourth-order valence-corrected chi connectivity index (χ4v) is 2.71. The number of sulfone groups is 1. The molecule has 1 atom stereocenters. The minimum absolute atomic E-state index is 0.122. The average Bonchev–Trinajstić information content (AvgIpc) is 2.63. The summed E-state index contributed by atoms with van der Waals surface area (Å²) in [6.45, 7) is 4.94. The van der Waals surface area contributed by atoms with Gasteiger partial charge in [0.15, 0.2) is 9.84 Å². The molecule has 0 aromatic rings. The third-order valence-electron chi connectivity index (χ3n) is 3.03. The normalized spacial score (nSPS) is 22.8. The van der Waals surface area contributed by atoms with E-state index in [4.69, 9.17) is 5.11 Å². The zero-order valence-corrected chi connectivity index (χ0v) is 10.5. The summed E-state index contributed by atoms with van der Waals surface area (Å²) in [4.78, 5) is 12.6. The second kappa shape index (κ2) is 5.14. The molecule has 16 heavy (non-hydrogen) atoms. The number of carboxylic acid groups (broad SMARTS) is 1. The molecule has 1 aliphatic heterocycles. The van der Waals surface area contributed by atoms with E-state index in [9.17, 15) is 13.2 Å². The number of likely N-dealkylation sites (tertiary alicyclic amines) is 1. The molecule has 0 radical (unpaired) electrons. The van der Waals surface area contributed by atoms with Crippen LogP contribution in [0.3, 0.4) is 0 Å². The number of carbonyl (C=O) groups is 1. The molecule has 1 saturated heterocycles. The average molecular weight is 249 g/mol. The van der Waals surface area contributed by atoms with Crippen LogP contribution in [0, 0.1) is 5.92 Å². The van der Waals surface area contributed by atoms with E-state index in [1.165, 1.54) is 0 Å². The topological polar surface area (TPSA) is 74.7 Å². The highest BCUT2D eigenvalue weighted by atomic mass is 32.2. The lowest BCUT2D eigenvalue weighted by molar-refractivity contribution is -0.141. The zero-order chi connectivity index (χ0) is 12.3. The van der Waals surface area contributed by atoms with Crippen molar-refractivity contribution in [2.45, 2.75) is 25.5 Å². The summed E-state index contributed by atoms with van der Waals surface area (Å²) >= 11 is 0. The summed E-state index contributed by atoms with van der Waals surface area (Å²) in [5.41, 5.74) is 0. The quantitative estimate of drug-likeness (QED) is 0.754. The minimum atomic E-state index is -3.01. The summed E-state index contributed by atoms with van der Waals surface area (Å²) < 4.78 is 23.1. The van der Waals surface area contributed by atoms with Crippen molar-refractivity contribution >= 4 is 15.8 Å². The highest BCUT2D eigenvalue weighted by Crippen LogP contribution is 2.16. The highest BCUT2D eigenvalue weighted by molar-refractivity contribution is 7.92. The maximum absolute atomic E-state index is 11.6. The summed E-state index contributed by atoms with van der Waals surface area (Å²) in [5.74, 6) is -0.993. The van der Waals surface area contributed by atoms with Crippen LogP contribution in [-0.4, -0.2) is 55.0 Å². The maximum atomic E-state index is 11.6. The van der Waals surface area contributed by atoms with E-state index < -0.39 is 15.8 Å². The van der Waals surface area contributed by atoms with E-state index in [-0.39, 0.29) is 16.9 Å². The van der Waals surface area contributed by atoms with Gasteiger partial charge in [-0.25, -0.2) is 8.42 Å². The molecule has 1 fully saturated rings. The van der Waals surface area contributed by atoms with Gasteiger partial charge in [0.25, 0.3) is 0 Å². The van der Waals surface area contributed by atoms with E-state index >= 15 is 0 Å². The molecule has 1 aliphatic rings. The Bertz CT molecular complexity index is 350. The van der Waals surface area contributed by atoms with E-state index in [0.717, 1.165) is 0 Å². The lowest BCUT2D eigenvalue weighted by Crippen LogP contribution is -2.31. The van der Waals surface area contributed by atoms with Crippen molar-refractivity contribution < 1.29 is 18.3 Å². The standard InChI is InChI=1S/C10H19NO4S/c1-8(2)16(14,15)6-5-11-4-3-9(7-11)10(12)13/h8-9H,3-7H2,1-2H3,(H,12,13). The van der Waals surface area contributed by atoms with Crippen molar-refractivity contribution in [3.05, 3.63) is 0 Å². The van der Waals surface area contributed by atoms with Crippen molar-refractivity contribution in [2.75, 3.05) is 25.4 Å². The molecule has 0 bridgehead atoms. The Kier molecular flexibility index (Phi) is 4.32. The molecular weight excluding hydrogens is 230 g/mol. The van der Waals surface area contributed by atoms with Crippen LogP contribution in [0.4, 0.5) is 0 Å². The molecule has 1 rings (SSSR count). The van der Waals surface area contributed by atoms with Gasteiger partial charge in [0.2, 0.25) is 0 Å². The van der Waals surface area contributed by atoms with Gasteiger partial charge in [-0.1, -0.05) is 0 Å². The van der Waals surface area contributed by atoms with Gasteiger partial charge in [0, 0.05) is 13.1 Å². The number of aliphatic carboxylic acids is 1. The monoisotopic (exact) mass is 249 g/mol. The van der Waals surface area contributed by atoms with Crippen LogP contribution in [0.1, 0.15) is 20.3 Å². The van der Waals surface area contributed by atoms with Crippen molar-refractivity contribution in [3.63, 3.8) is 0 Å². The van der Waals surface area contributed by atoms with Crippen molar-refractivity contribution in [1.29, 1.82) is 0 Å². The number of hydrogen-bond donors (Lipinski definition) is 1. The van der Waals surface area contributed by atoms with Crippen LogP contribution in [0.15, 0.2) is 0 Å². The summed E-state index contributed by atoms with van der Waals surface area (Å²) in [6, 6.07) is 0. The number of nitrogens with zero attached hydrogens (tertiary/aromatic N) is 1. The second-order valence-corrected chi connectivity index (χ2v) is 7.22. The minimum Gasteiger partial charge on any atom is -0.481 e. The third kappa shape index (κ3) is 3.45. The Hall–Kier alpha value is -0.620. The molecule has 94 valence electrons. The van der Waals surface area contributed by atoms with Crippen LogP contribution >= 0.6 is 0 Å². The zero-order valence-electron chi connectivity index (χ0n) is 9.72. The molecule has 0 aliphatic carbocycles. The first-order valence-corrected chi connectivity index (χ1v) is 7.21. The van der Waals surface area contributed by atoms with Crippen LogP contribution < -0.4 is 0 Å². The first-order valence-electron chi connectivity index (χ1n) is 5.49. The molecule has 0 spiro atoms. The SMILES string of the molecule is CC(C)S(=O)(=O)CCN1CCC(C(=O)O)C1. The Balaban J connectivity index is 2.39. The summed E-state index contributed by atoms with van der Waals surface area (Å²) in [7, 11) is -3.01. The predicted molar refractivity (Wildman–Crippen MR) is 61.1 cm³/mol. The maximum Gasteiger partial charge on any atom is 0.307 e. The molecule has 1 N–H and O–H groups in total. The Labute approximate surface area is 96.4 Å². The Morgan fingerprint density at radius 1 is 1.50 bits per heavy atom. The molecule has 0 saturated carbocycles. The molecule has 0 amide bonds. The molecule has 0 aromatic carbocycles. The van der Waals surface area contributed by atoms with Gasteiger partial charge in [-0.3, -0.25) is 4.79 Å². The molecular formula is C10H19NO4S. The van der Waals surface area contributed by atoms with Crippen LogP contribution in [-0.2, 0) is 14.6 Å². The van der Waals surface area contributed by atoms with Crippen LogP contribution in [0.2, 0.25) is 0 Å². The molecule has 1 unspecified atom stereocenters. The summed E-state index contributed by atoms with van der Waals surface area (Å²) in [6.07, 6.45) is 0.622. The van der Waals surface area contributed by atoms with Crippen molar-refractivity contribution in [3.8, 4) is 0 Å². The molecule has 5 nitrogen and oxygen atoms in total. The van der Waals surface area contributed by atoms with Gasteiger partial charge in [-0.2, -0.15) is 0 Å². The smallest absolute Gasteiger partial charge is 0.307 e. The fraction of sp³-hybridized carbons (Fsp3) is 0.900. The number of hydrogen-bond acceptors (Lipinski definition) is 4. The van der Waals surface area contributed by atoms with Gasteiger partial charge < -0.3 is 10.0 Å². The van der Waals surface area contributed by atoms with Crippen molar-refractivity contribution in [1.82, 2.24) is 4.90 Å². The van der Waals surface area contributed by atoms with E-state index in [1.54, 1.807) is 13.8 Å². The van der Waals surface area contributed by atoms with E-state index in [1.807, 2.05) is 4.90 Å². The second-order valence-electron chi connectivity index (χ2n) is 4.54. The first-order chi connectivity index (χ1) is 7.33. The molecule has 6 heteroatoms. The highest BCUT2D eigenvalue weighted by Gasteiger charge is 2.28. The van der Waals surface area contributed by atoms with Crippen LogP contribution in [0.25, 0.3) is 0 Å². The van der Waals surface area contributed by atoms with Gasteiger partial charge in [0.05, 0.1) is 16.9 Å². The number of rotatable bonds is 5. The van der Waals surface area contributed by atoms with Crippen molar-refractivity contribution in [2.24, 2.45) is 5.92 Å². The van der Waals surface area contributed by atoms with Crippen LogP contribution in [0.5, 0.6) is 0 Å². The lowest BCUT2D eigenvalue weighted by atomic mass is 10.1. The lowest BCUT2D eigenvalue weighted by Gasteiger charge is -2.16. The van der Waals surface area contributed by atoms with Gasteiger partial charge in [-0.05, 0) is 26.8 Å². The van der Waals surface area contributed by atoms with Gasteiger partial charge in [-0.15, -0.1) is 0 Å². The first kappa shape index (κ1) is 13.4. The predicted octanol–water partition coefficient (Wildman–Crippen LogP) is 0.216. The largest absolute Gasteiger partial charge is 0.481 e. The Morgan fingerprint density at radius 3 is 2.56 bits per heavy atom. The number of carboxylic acids is 1. The van der Waals surface area contributed by atoms with Gasteiger partial charge in [0.1, 0.15) is 0 Å². The molecule has 0 aromatic heterocycles. The third-order valence-corrected chi connectivity index (χ3v) is 5.22. The van der Waals surface area contributed by atoms with E-state index in [2.05, 4.69) is 0 Å². The fourth-order valence-electron chi connectivity index (χ4n) is 1.73. The molecule has 1 heterocycles. The van der Waals surface area contributed by atoms with Gasteiger partial charge >= 0.3 is 5.97 Å². The summed E-state index contributed by atoms with van der Waals surface area (Å²) in [5, 5.41) is 8.45. The Morgan fingerprint density at radius 2 is 2.12 bits per heavy atom.